The second kappa shape index (κ2) is 11.3. The molecule has 2 aromatic rings. The number of hydrogen-bond acceptors (Lipinski definition) is 10. The Morgan fingerprint density at radius 2 is 2.05 bits per heavy atom. The Labute approximate surface area is 228 Å². The van der Waals surface area contributed by atoms with Crippen LogP contribution in [0.3, 0.4) is 0 Å². The van der Waals surface area contributed by atoms with E-state index in [-0.39, 0.29) is 31.1 Å². The van der Waals surface area contributed by atoms with E-state index in [2.05, 4.69) is 25.1 Å². The number of aliphatic hydroxyl groups excluding tert-OH is 1. The molecule has 0 radical (unpaired) electrons. The first-order valence-electron chi connectivity index (χ1n) is 12.6. The molecule has 14 heteroatoms. The molecule has 2 unspecified atom stereocenters. The van der Waals surface area contributed by atoms with Crippen molar-refractivity contribution in [3.8, 4) is 11.5 Å². The summed E-state index contributed by atoms with van der Waals surface area (Å²) in [7, 11) is 0. The average Bonchev–Trinajstić information content (AvgIpc) is 3.22. The van der Waals surface area contributed by atoms with Crippen molar-refractivity contribution < 1.29 is 42.5 Å². The predicted octanol–water partition coefficient (Wildman–Crippen LogP) is 1.93. The molecular formula is C26H31F2N5O7. The zero-order valence-corrected chi connectivity index (χ0v) is 22.1. The van der Waals surface area contributed by atoms with Gasteiger partial charge in [0.05, 0.1) is 17.5 Å². The molecule has 40 heavy (non-hydrogen) atoms. The van der Waals surface area contributed by atoms with Gasteiger partial charge in [-0.3, -0.25) is 9.69 Å². The number of imide groups is 1. The molecule has 5 atom stereocenters. The number of alkyl halides is 2. The first kappa shape index (κ1) is 29.1. The smallest absolute Gasteiger partial charge is 0.395 e. The van der Waals surface area contributed by atoms with Crippen molar-refractivity contribution in [1.29, 1.82) is 0 Å². The number of likely N-dealkylation sites (tertiary alicyclic amines) is 1. The van der Waals surface area contributed by atoms with Gasteiger partial charge in [0.15, 0.2) is 17.8 Å². The van der Waals surface area contributed by atoms with E-state index < -0.39 is 48.1 Å². The lowest BCUT2D eigenvalue weighted by molar-refractivity contribution is -0.286. The number of hydrogen-bond donors (Lipinski definition) is 4. The molecule has 0 aliphatic carbocycles. The number of aldehydes is 1. The number of nitrogens with one attached hydrogen (secondary N) is 2. The summed E-state index contributed by atoms with van der Waals surface area (Å²) in [5, 5.41) is 16.3. The van der Waals surface area contributed by atoms with Gasteiger partial charge in [0.2, 0.25) is 5.91 Å². The SMILES string of the molecule is CCOC(O)[C@@H]1[C@@H](Cc2ccnc(NCC(C)(N)C=O)c2)C(=O)N1C(=O)N[C@H](C)c1ccc2c(c1)OC(F)(F)O2. The van der Waals surface area contributed by atoms with Crippen LogP contribution in [0.1, 0.15) is 37.9 Å². The van der Waals surface area contributed by atoms with Gasteiger partial charge in [0, 0.05) is 19.3 Å². The fourth-order valence-electron chi connectivity index (χ4n) is 4.46. The highest BCUT2D eigenvalue weighted by atomic mass is 19.3. The number of aliphatic hydroxyl groups is 1. The molecule has 12 nitrogen and oxygen atoms in total. The summed E-state index contributed by atoms with van der Waals surface area (Å²) in [5.41, 5.74) is 5.86. The summed E-state index contributed by atoms with van der Waals surface area (Å²) in [4.78, 5) is 42.4. The summed E-state index contributed by atoms with van der Waals surface area (Å²) < 4.78 is 40.9. The van der Waals surface area contributed by atoms with E-state index in [4.69, 9.17) is 10.5 Å². The van der Waals surface area contributed by atoms with Crippen molar-refractivity contribution in [2.24, 2.45) is 11.7 Å². The zero-order valence-electron chi connectivity index (χ0n) is 22.1. The van der Waals surface area contributed by atoms with Crippen molar-refractivity contribution in [3.63, 3.8) is 0 Å². The number of rotatable bonds is 11. The normalized spacial score (nSPS) is 22.1. The summed E-state index contributed by atoms with van der Waals surface area (Å²) in [5.74, 6) is -1.18. The summed E-state index contributed by atoms with van der Waals surface area (Å²) in [6.45, 7) is 5.11. The second-order valence-electron chi connectivity index (χ2n) is 9.93. The highest BCUT2D eigenvalue weighted by molar-refractivity contribution is 6.01. The molecule has 3 amide bonds. The summed E-state index contributed by atoms with van der Waals surface area (Å²) in [6, 6.07) is 5.00. The van der Waals surface area contributed by atoms with Crippen LogP contribution in [0.4, 0.5) is 19.4 Å². The lowest BCUT2D eigenvalue weighted by Crippen LogP contribution is -2.70. The van der Waals surface area contributed by atoms with Gasteiger partial charge < -0.3 is 40.5 Å². The molecule has 3 heterocycles. The van der Waals surface area contributed by atoms with Gasteiger partial charge in [0.1, 0.15) is 18.1 Å². The predicted molar refractivity (Wildman–Crippen MR) is 136 cm³/mol. The molecule has 216 valence electrons. The topological polar surface area (TPSA) is 165 Å². The van der Waals surface area contributed by atoms with E-state index >= 15 is 0 Å². The lowest BCUT2D eigenvalue weighted by Gasteiger charge is -2.47. The molecule has 2 aliphatic rings. The van der Waals surface area contributed by atoms with Crippen molar-refractivity contribution in [2.75, 3.05) is 18.5 Å². The maximum absolute atomic E-state index is 13.4. The van der Waals surface area contributed by atoms with E-state index in [0.717, 1.165) is 4.90 Å². The molecular weight excluding hydrogens is 532 g/mol. The number of fused-ring (bicyclic) bond motifs is 1. The Morgan fingerprint density at radius 3 is 2.75 bits per heavy atom. The number of pyridine rings is 1. The van der Waals surface area contributed by atoms with Crippen LogP contribution in [-0.2, 0) is 20.7 Å². The minimum atomic E-state index is -3.78. The minimum absolute atomic E-state index is 0.136. The number of carbonyl (C=O) groups excluding carboxylic acids is 3. The molecule has 5 N–H and O–H groups in total. The fraction of sp³-hybridized carbons (Fsp3) is 0.462. The van der Waals surface area contributed by atoms with Crippen LogP contribution in [-0.4, -0.2) is 70.5 Å². The zero-order chi connectivity index (χ0) is 29.2. The Kier molecular flexibility index (Phi) is 8.23. The third kappa shape index (κ3) is 6.29. The number of urea groups is 1. The van der Waals surface area contributed by atoms with E-state index in [1.807, 2.05) is 0 Å². The fourth-order valence-corrected chi connectivity index (χ4v) is 4.46. The van der Waals surface area contributed by atoms with Gasteiger partial charge in [0.25, 0.3) is 0 Å². The highest BCUT2D eigenvalue weighted by Crippen LogP contribution is 2.42. The molecule has 1 aromatic carbocycles. The molecule has 4 rings (SSSR count). The number of β-lactam (4-membered cyclic amide) rings is 1. The van der Waals surface area contributed by atoms with Crippen molar-refractivity contribution in [1.82, 2.24) is 15.2 Å². The van der Waals surface area contributed by atoms with Crippen molar-refractivity contribution in [3.05, 3.63) is 47.7 Å². The van der Waals surface area contributed by atoms with Crippen LogP contribution in [0.15, 0.2) is 36.5 Å². The van der Waals surface area contributed by atoms with Gasteiger partial charge in [-0.25, -0.2) is 9.78 Å². The van der Waals surface area contributed by atoms with Crippen LogP contribution >= 0.6 is 0 Å². The molecule has 0 saturated carbocycles. The van der Waals surface area contributed by atoms with Gasteiger partial charge in [-0.05, 0) is 62.6 Å². The number of nitrogens with two attached hydrogens (primary N) is 1. The maximum atomic E-state index is 13.4. The Morgan fingerprint density at radius 1 is 1.32 bits per heavy atom. The number of benzene rings is 1. The van der Waals surface area contributed by atoms with E-state index in [1.165, 1.54) is 24.4 Å². The van der Waals surface area contributed by atoms with Crippen molar-refractivity contribution >= 4 is 24.0 Å². The number of amides is 3. The summed E-state index contributed by atoms with van der Waals surface area (Å²) in [6.07, 6.45) is -2.89. The first-order valence-corrected chi connectivity index (χ1v) is 12.6. The number of halogens is 2. The van der Waals surface area contributed by atoms with E-state index in [9.17, 15) is 28.3 Å². The van der Waals surface area contributed by atoms with Crippen LogP contribution in [0.2, 0.25) is 0 Å². The third-order valence-corrected chi connectivity index (χ3v) is 6.58. The van der Waals surface area contributed by atoms with Gasteiger partial charge in [-0.1, -0.05) is 6.07 Å². The first-order chi connectivity index (χ1) is 18.8. The molecule has 1 aromatic heterocycles. The molecule has 1 saturated heterocycles. The number of aromatic nitrogens is 1. The number of carbonyl (C=O) groups is 3. The monoisotopic (exact) mass is 563 g/mol. The van der Waals surface area contributed by atoms with E-state index in [0.29, 0.717) is 23.2 Å². The average molecular weight is 564 g/mol. The molecule has 0 spiro atoms. The Hall–Kier alpha value is -3.88. The number of anilines is 1. The Bertz CT molecular complexity index is 1280. The number of ether oxygens (including phenoxy) is 3. The second-order valence-corrected chi connectivity index (χ2v) is 9.93. The maximum Gasteiger partial charge on any atom is 0.586 e. The molecule has 0 bridgehead atoms. The number of nitrogens with zero attached hydrogens (tertiary/aromatic N) is 2. The van der Waals surface area contributed by atoms with E-state index in [1.54, 1.807) is 32.9 Å². The van der Waals surface area contributed by atoms with Crippen LogP contribution < -0.4 is 25.8 Å². The molecule has 2 aliphatic heterocycles. The standard InChI is InChI=1S/C26H31F2N5O7/c1-4-38-23(36)21-17(9-15-7-8-30-20(10-15)31-12-25(3,29)13-34)22(35)33(21)24(37)32-14(2)16-5-6-18-19(11-16)40-26(27,28)39-18/h5-8,10-11,13-14,17,21,23,36H,4,9,12,29H2,1-3H3,(H,30,31)(H,32,37)/t14-,17-,21+,23?,25?/m1/s1. The van der Waals surface area contributed by atoms with Gasteiger partial charge >= 0.3 is 12.3 Å². The summed E-state index contributed by atoms with van der Waals surface area (Å²) >= 11 is 0. The van der Waals surface area contributed by atoms with Crippen LogP contribution in [0, 0.1) is 5.92 Å². The third-order valence-electron chi connectivity index (χ3n) is 6.58. The highest BCUT2D eigenvalue weighted by Gasteiger charge is 2.54. The quantitative estimate of drug-likeness (QED) is 0.180. The van der Waals surface area contributed by atoms with Crippen LogP contribution in [0.5, 0.6) is 11.5 Å². The Balaban J connectivity index is 1.45. The lowest BCUT2D eigenvalue weighted by atomic mass is 9.82. The van der Waals surface area contributed by atoms with Gasteiger partial charge in [-0.15, -0.1) is 8.78 Å². The minimum Gasteiger partial charge on any atom is -0.395 e. The largest absolute Gasteiger partial charge is 0.586 e. The van der Waals surface area contributed by atoms with Crippen LogP contribution in [0.25, 0.3) is 0 Å². The van der Waals surface area contributed by atoms with Crippen molar-refractivity contribution in [2.45, 2.75) is 57.4 Å². The van der Waals surface area contributed by atoms with Gasteiger partial charge in [-0.2, -0.15) is 0 Å². The molecule has 1 fully saturated rings.